The van der Waals surface area contributed by atoms with Crippen LogP contribution in [0.1, 0.15) is 48.1 Å². The van der Waals surface area contributed by atoms with Gasteiger partial charge < -0.3 is 10.2 Å². The fourth-order valence-corrected chi connectivity index (χ4v) is 4.08. The quantitative estimate of drug-likeness (QED) is 0.444. The largest absolute Gasteiger partial charge is 0.352 e. The van der Waals surface area contributed by atoms with Crippen molar-refractivity contribution in [3.8, 4) is 0 Å². The minimum Gasteiger partial charge on any atom is -0.352 e. The summed E-state index contributed by atoms with van der Waals surface area (Å²) in [4.78, 5) is 29.1. The van der Waals surface area contributed by atoms with Gasteiger partial charge in [0.2, 0.25) is 11.8 Å². The van der Waals surface area contributed by atoms with Gasteiger partial charge in [0.25, 0.3) is 0 Å². The van der Waals surface area contributed by atoms with Crippen LogP contribution in [0.15, 0.2) is 78.9 Å². The van der Waals surface area contributed by atoms with Crippen LogP contribution >= 0.6 is 0 Å². The van der Waals surface area contributed by atoms with Crippen molar-refractivity contribution in [1.82, 2.24) is 10.2 Å². The van der Waals surface area contributed by atoms with Gasteiger partial charge in [-0.1, -0.05) is 91.3 Å². The molecule has 34 heavy (non-hydrogen) atoms. The Labute approximate surface area is 204 Å². The molecular weight excluding hydrogens is 420 g/mol. The van der Waals surface area contributed by atoms with E-state index in [0.29, 0.717) is 13.0 Å². The van der Waals surface area contributed by atoms with Crippen molar-refractivity contribution < 1.29 is 9.59 Å². The maximum absolute atomic E-state index is 13.8. The highest BCUT2D eigenvalue weighted by Crippen LogP contribution is 2.18. The molecule has 0 aliphatic carbocycles. The molecule has 0 spiro atoms. The van der Waals surface area contributed by atoms with Crippen LogP contribution in [0.3, 0.4) is 0 Å². The molecule has 0 aliphatic heterocycles. The second kappa shape index (κ2) is 12.2. The molecule has 0 aromatic heterocycles. The summed E-state index contributed by atoms with van der Waals surface area (Å²) in [5.74, 6) is -0.153. The van der Waals surface area contributed by atoms with Gasteiger partial charge in [0.05, 0.1) is 6.42 Å². The Morgan fingerprint density at radius 3 is 2.24 bits per heavy atom. The average molecular weight is 457 g/mol. The van der Waals surface area contributed by atoms with Crippen molar-refractivity contribution in [3.05, 3.63) is 107 Å². The third-order valence-electron chi connectivity index (χ3n) is 6.31. The van der Waals surface area contributed by atoms with E-state index in [-0.39, 0.29) is 24.3 Å². The van der Waals surface area contributed by atoms with Gasteiger partial charge in [-0.05, 0) is 49.4 Å². The second-order valence-electron chi connectivity index (χ2n) is 9.14. The lowest BCUT2D eigenvalue weighted by Crippen LogP contribution is -2.52. The van der Waals surface area contributed by atoms with Crippen LogP contribution in [0, 0.1) is 13.8 Å². The van der Waals surface area contributed by atoms with E-state index in [1.54, 1.807) is 4.90 Å². The fourth-order valence-electron chi connectivity index (χ4n) is 4.08. The maximum atomic E-state index is 13.8. The standard InChI is InChI=1S/C30H36N2O2/c1-5-24(4)31-30(34)28(19-25-14-7-6-8-15-25)32(21-26-16-11-12-22(2)18-26)29(33)20-27-17-10-9-13-23(27)3/h6-18,24,28H,5,19-21H2,1-4H3,(H,31,34)/t24-,28-/m0/s1. The molecule has 2 amide bonds. The molecule has 0 saturated carbocycles. The summed E-state index contributed by atoms with van der Waals surface area (Å²) in [6, 6.07) is 25.5. The Morgan fingerprint density at radius 1 is 0.882 bits per heavy atom. The van der Waals surface area contributed by atoms with Crippen molar-refractivity contribution in [3.63, 3.8) is 0 Å². The number of rotatable bonds is 10. The average Bonchev–Trinajstić information content (AvgIpc) is 2.83. The lowest BCUT2D eigenvalue weighted by atomic mass is 9.99. The molecule has 1 N–H and O–H groups in total. The zero-order valence-electron chi connectivity index (χ0n) is 20.8. The highest BCUT2D eigenvalue weighted by atomic mass is 16.2. The predicted molar refractivity (Wildman–Crippen MR) is 138 cm³/mol. The first-order chi connectivity index (χ1) is 16.4. The number of benzene rings is 3. The molecule has 4 heteroatoms. The van der Waals surface area contributed by atoms with Crippen LogP contribution < -0.4 is 5.32 Å². The van der Waals surface area contributed by atoms with Gasteiger partial charge in [0, 0.05) is 19.0 Å². The minimum atomic E-state index is -0.603. The van der Waals surface area contributed by atoms with Gasteiger partial charge in [0.15, 0.2) is 0 Å². The van der Waals surface area contributed by atoms with Gasteiger partial charge in [0.1, 0.15) is 6.04 Å². The third-order valence-corrected chi connectivity index (χ3v) is 6.31. The summed E-state index contributed by atoms with van der Waals surface area (Å²) in [6.45, 7) is 8.49. The molecule has 2 atom stereocenters. The van der Waals surface area contributed by atoms with Crippen molar-refractivity contribution >= 4 is 11.8 Å². The molecule has 178 valence electrons. The van der Waals surface area contributed by atoms with Gasteiger partial charge in [-0.25, -0.2) is 0 Å². The third kappa shape index (κ3) is 7.05. The first-order valence-corrected chi connectivity index (χ1v) is 12.1. The van der Waals surface area contributed by atoms with E-state index >= 15 is 0 Å². The Balaban J connectivity index is 1.98. The van der Waals surface area contributed by atoms with Crippen molar-refractivity contribution in [1.29, 1.82) is 0 Å². The van der Waals surface area contributed by atoms with Gasteiger partial charge >= 0.3 is 0 Å². The summed E-state index contributed by atoms with van der Waals surface area (Å²) in [5.41, 5.74) is 5.25. The van der Waals surface area contributed by atoms with Crippen molar-refractivity contribution in [2.75, 3.05) is 0 Å². The molecule has 3 aromatic carbocycles. The second-order valence-corrected chi connectivity index (χ2v) is 9.14. The van der Waals surface area contributed by atoms with E-state index in [1.807, 2.05) is 100 Å². The van der Waals surface area contributed by atoms with E-state index in [4.69, 9.17) is 0 Å². The van der Waals surface area contributed by atoms with Crippen molar-refractivity contribution in [2.24, 2.45) is 0 Å². The lowest BCUT2D eigenvalue weighted by molar-refractivity contribution is -0.141. The van der Waals surface area contributed by atoms with Gasteiger partial charge in [-0.3, -0.25) is 9.59 Å². The molecule has 0 fully saturated rings. The smallest absolute Gasteiger partial charge is 0.243 e. The molecular formula is C30H36N2O2. The van der Waals surface area contributed by atoms with E-state index in [0.717, 1.165) is 34.2 Å². The predicted octanol–water partition coefficient (Wildman–Crippen LogP) is 5.40. The Bertz CT molecular complexity index is 1090. The monoisotopic (exact) mass is 456 g/mol. The van der Waals surface area contributed by atoms with Crippen LogP contribution in [-0.2, 0) is 29.0 Å². The molecule has 3 rings (SSSR count). The van der Waals surface area contributed by atoms with E-state index in [2.05, 4.69) is 11.4 Å². The van der Waals surface area contributed by atoms with Crippen LogP contribution in [-0.4, -0.2) is 28.8 Å². The summed E-state index contributed by atoms with van der Waals surface area (Å²) >= 11 is 0. The van der Waals surface area contributed by atoms with Crippen LogP contribution in [0.4, 0.5) is 0 Å². The summed E-state index contributed by atoms with van der Waals surface area (Å²) in [5, 5.41) is 3.12. The number of amides is 2. The SMILES string of the molecule is CC[C@H](C)NC(=O)[C@H](Cc1ccccc1)N(Cc1cccc(C)c1)C(=O)Cc1ccccc1C. The zero-order chi connectivity index (χ0) is 24.5. The number of hydrogen-bond donors (Lipinski definition) is 1. The highest BCUT2D eigenvalue weighted by Gasteiger charge is 2.31. The van der Waals surface area contributed by atoms with E-state index in [1.165, 1.54) is 0 Å². The molecule has 0 unspecified atom stereocenters. The molecule has 0 radical (unpaired) electrons. The topological polar surface area (TPSA) is 49.4 Å². The summed E-state index contributed by atoms with van der Waals surface area (Å²) in [6.07, 6.45) is 1.56. The van der Waals surface area contributed by atoms with Crippen LogP contribution in [0.2, 0.25) is 0 Å². The number of nitrogens with one attached hydrogen (secondary N) is 1. The first-order valence-electron chi connectivity index (χ1n) is 12.1. The zero-order valence-corrected chi connectivity index (χ0v) is 20.8. The molecule has 3 aromatic rings. The molecule has 0 heterocycles. The first kappa shape index (κ1) is 25.2. The summed E-state index contributed by atoms with van der Waals surface area (Å²) in [7, 11) is 0. The van der Waals surface area contributed by atoms with Crippen molar-refractivity contribution in [2.45, 2.75) is 65.6 Å². The van der Waals surface area contributed by atoms with Crippen LogP contribution in [0.5, 0.6) is 0 Å². The Kier molecular flexibility index (Phi) is 9.03. The maximum Gasteiger partial charge on any atom is 0.243 e. The van der Waals surface area contributed by atoms with E-state index < -0.39 is 6.04 Å². The molecule has 4 nitrogen and oxygen atoms in total. The lowest BCUT2D eigenvalue weighted by Gasteiger charge is -2.32. The number of aryl methyl sites for hydroxylation is 2. The normalized spacial score (nSPS) is 12.6. The molecule has 0 saturated heterocycles. The molecule has 0 bridgehead atoms. The number of hydrogen-bond acceptors (Lipinski definition) is 2. The number of carbonyl (C=O) groups is 2. The Morgan fingerprint density at radius 2 is 1.56 bits per heavy atom. The van der Waals surface area contributed by atoms with Gasteiger partial charge in [-0.2, -0.15) is 0 Å². The van der Waals surface area contributed by atoms with E-state index in [9.17, 15) is 9.59 Å². The van der Waals surface area contributed by atoms with Gasteiger partial charge in [-0.15, -0.1) is 0 Å². The minimum absolute atomic E-state index is 0.0399. The highest BCUT2D eigenvalue weighted by molar-refractivity contribution is 5.89. The molecule has 0 aliphatic rings. The fraction of sp³-hybridized carbons (Fsp3) is 0.333. The Hall–Kier alpha value is -3.40. The summed E-state index contributed by atoms with van der Waals surface area (Å²) < 4.78 is 0. The number of carbonyl (C=O) groups excluding carboxylic acids is 2. The number of nitrogens with zero attached hydrogens (tertiary/aromatic N) is 1. The van der Waals surface area contributed by atoms with Crippen LogP contribution in [0.25, 0.3) is 0 Å².